The van der Waals surface area contributed by atoms with Crippen molar-refractivity contribution in [2.45, 2.75) is 94.8 Å². The van der Waals surface area contributed by atoms with E-state index in [1.165, 1.54) is 24.8 Å². The van der Waals surface area contributed by atoms with Crippen molar-refractivity contribution in [2.24, 2.45) is 29.4 Å². The van der Waals surface area contributed by atoms with Crippen molar-refractivity contribution in [1.82, 2.24) is 0 Å². The van der Waals surface area contributed by atoms with E-state index >= 15 is 0 Å². The fraction of sp³-hybridized carbons (Fsp3) is 0.714. The summed E-state index contributed by atoms with van der Waals surface area (Å²) in [4.78, 5) is 0. The summed E-state index contributed by atoms with van der Waals surface area (Å²) in [5.41, 5.74) is 8.82. The molecule has 1 aromatic carbocycles. The van der Waals surface area contributed by atoms with Crippen molar-refractivity contribution in [3.8, 4) is 17.6 Å². The van der Waals surface area contributed by atoms with E-state index in [-0.39, 0.29) is 29.6 Å². The van der Waals surface area contributed by atoms with Gasteiger partial charge in [0, 0.05) is 24.5 Å². The Bertz CT molecular complexity index is 930. The maximum absolute atomic E-state index is 10.1. The Kier molecular flexibility index (Phi) is 5.60. The lowest BCUT2D eigenvalue weighted by molar-refractivity contribution is -0.305. The second-order valence-corrected chi connectivity index (χ2v) is 11.5. The average molecular weight is 438 g/mol. The molecule has 2 saturated carbocycles. The van der Waals surface area contributed by atoms with Crippen LogP contribution in [0.2, 0.25) is 0 Å². The third-order valence-corrected chi connectivity index (χ3v) is 9.26. The molecule has 4 heteroatoms. The van der Waals surface area contributed by atoms with E-state index in [9.17, 15) is 10.2 Å². The number of nitrogens with two attached hydrogens (primary N) is 1. The van der Waals surface area contributed by atoms with E-state index in [1.807, 2.05) is 12.1 Å². The first-order valence-corrected chi connectivity index (χ1v) is 12.7. The molecule has 174 valence electrons. The molecule has 0 amide bonds. The van der Waals surface area contributed by atoms with Crippen molar-refractivity contribution in [3.05, 3.63) is 29.3 Å². The second kappa shape index (κ2) is 8.05. The summed E-state index contributed by atoms with van der Waals surface area (Å²) >= 11 is 0. The van der Waals surface area contributed by atoms with Gasteiger partial charge in [0.05, 0.1) is 17.1 Å². The van der Waals surface area contributed by atoms with Crippen molar-refractivity contribution in [2.75, 3.05) is 6.61 Å². The monoisotopic (exact) mass is 437 g/mol. The molecule has 1 aromatic rings. The minimum Gasteiger partial charge on any atom is -0.508 e. The van der Waals surface area contributed by atoms with E-state index in [0.717, 1.165) is 37.7 Å². The Morgan fingerprint density at radius 2 is 2.03 bits per heavy atom. The van der Waals surface area contributed by atoms with Gasteiger partial charge in [-0.25, -0.2) is 0 Å². The van der Waals surface area contributed by atoms with Crippen molar-refractivity contribution < 1.29 is 14.9 Å². The molecule has 0 radical (unpaired) electrons. The first-order valence-electron chi connectivity index (χ1n) is 12.7. The van der Waals surface area contributed by atoms with Crippen LogP contribution < -0.4 is 5.73 Å². The fourth-order valence-electron chi connectivity index (χ4n) is 8.04. The van der Waals surface area contributed by atoms with Crippen molar-refractivity contribution >= 4 is 0 Å². The number of fused-ring (bicyclic) bond motifs is 5. The number of aromatic hydroxyl groups is 1. The summed E-state index contributed by atoms with van der Waals surface area (Å²) in [5.74, 6) is 8.81. The maximum Gasteiger partial charge on any atom is 0.115 e. The fourth-order valence-corrected chi connectivity index (χ4v) is 8.04. The average Bonchev–Trinajstić information content (AvgIpc) is 2.76. The molecule has 3 aliphatic carbocycles. The number of ether oxygens (including phenoxy) is 1. The SMILES string of the molecule is CC1(C)OC23CCC1C(N)(CCCO)C2C#CCc1cc(O)ccc1CC1CCCC3C1. The molecular formula is C28H39NO3. The van der Waals surface area contributed by atoms with Crippen LogP contribution in [0.4, 0.5) is 0 Å². The van der Waals surface area contributed by atoms with Gasteiger partial charge in [0.1, 0.15) is 5.75 Å². The summed E-state index contributed by atoms with van der Waals surface area (Å²) in [7, 11) is 0. The molecule has 2 aliphatic heterocycles. The number of hydrogen-bond acceptors (Lipinski definition) is 4. The van der Waals surface area contributed by atoms with Gasteiger partial charge < -0.3 is 20.7 Å². The minimum atomic E-state index is -0.446. The van der Waals surface area contributed by atoms with Crippen LogP contribution in [0.15, 0.2) is 18.2 Å². The third kappa shape index (κ3) is 3.49. The Labute approximate surface area is 192 Å². The zero-order chi connectivity index (χ0) is 22.6. The molecule has 4 nitrogen and oxygen atoms in total. The predicted molar refractivity (Wildman–Crippen MR) is 126 cm³/mol. The second-order valence-electron chi connectivity index (χ2n) is 11.5. The van der Waals surface area contributed by atoms with E-state index < -0.39 is 5.54 Å². The summed E-state index contributed by atoms with van der Waals surface area (Å²) in [6, 6.07) is 5.81. The van der Waals surface area contributed by atoms with E-state index in [4.69, 9.17) is 10.5 Å². The van der Waals surface area contributed by atoms with Gasteiger partial charge in [-0.3, -0.25) is 0 Å². The smallest absolute Gasteiger partial charge is 0.115 e. The summed E-state index contributed by atoms with van der Waals surface area (Å²) < 4.78 is 7.11. The highest BCUT2D eigenvalue weighted by molar-refractivity contribution is 5.39. The lowest BCUT2D eigenvalue weighted by Gasteiger charge is -2.68. The van der Waals surface area contributed by atoms with Crippen LogP contribution in [0.3, 0.4) is 0 Å². The highest BCUT2D eigenvalue weighted by Gasteiger charge is 2.68. The van der Waals surface area contributed by atoms with E-state index in [2.05, 4.69) is 31.8 Å². The van der Waals surface area contributed by atoms with Crippen LogP contribution in [0.5, 0.6) is 5.75 Å². The highest BCUT2D eigenvalue weighted by atomic mass is 16.5. The highest BCUT2D eigenvalue weighted by Crippen LogP contribution is 2.62. The number of aliphatic hydroxyl groups is 1. The van der Waals surface area contributed by atoms with Gasteiger partial charge in [0.2, 0.25) is 0 Å². The van der Waals surface area contributed by atoms with Gasteiger partial charge in [-0.05, 0) is 93.9 Å². The topological polar surface area (TPSA) is 75.7 Å². The molecule has 2 saturated heterocycles. The van der Waals surface area contributed by atoms with Gasteiger partial charge in [-0.2, -0.15) is 0 Å². The summed E-state index contributed by atoms with van der Waals surface area (Å²) in [6.45, 7) is 4.62. The molecule has 4 N–H and O–H groups in total. The maximum atomic E-state index is 10.1. The van der Waals surface area contributed by atoms with Crippen molar-refractivity contribution in [3.63, 3.8) is 0 Å². The van der Waals surface area contributed by atoms with Gasteiger partial charge in [0.25, 0.3) is 0 Å². The quantitative estimate of drug-likeness (QED) is 0.615. The molecule has 32 heavy (non-hydrogen) atoms. The first kappa shape index (κ1) is 22.3. The number of benzene rings is 1. The normalized spacial score (nSPS) is 39.8. The van der Waals surface area contributed by atoms with Gasteiger partial charge in [-0.1, -0.05) is 30.7 Å². The Morgan fingerprint density at radius 1 is 1.19 bits per heavy atom. The molecule has 5 aliphatic rings. The predicted octanol–water partition coefficient (Wildman–Crippen LogP) is 4.34. The van der Waals surface area contributed by atoms with Crippen LogP contribution in [0.25, 0.3) is 0 Å². The Balaban J connectivity index is 1.63. The molecular weight excluding hydrogens is 398 g/mol. The van der Waals surface area contributed by atoms with Crippen molar-refractivity contribution in [1.29, 1.82) is 0 Å². The molecule has 4 fully saturated rings. The minimum absolute atomic E-state index is 0.0177. The Hall–Kier alpha value is -1.54. The number of phenols is 1. The molecule has 4 bridgehead atoms. The largest absolute Gasteiger partial charge is 0.508 e. The molecule has 2 heterocycles. The van der Waals surface area contributed by atoms with Crippen LogP contribution in [-0.2, 0) is 17.6 Å². The van der Waals surface area contributed by atoms with E-state index in [0.29, 0.717) is 30.4 Å². The van der Waals surface area contributed by atoms with Crippen LogP contribution in [0.1, 0.15) is 76.3 Å². The van der Waals surface area contributed by atoms with Crippen LogP contribution in [0, 0.1) is 35.5 Å². The van der Waals surface area contributed by atoms with Crippen LogP contribution >= 0.6 is 0 Å². The standard InChI is InChI=1S/C28H39NO3/c1-26(2)24-12-14-28(32-26)22-8-3-6-19(17-22)16-21-10-11-23(31)18-20(21)7-4-9-25(28)27(24,29)13-5-15-30/h10-11,18-19,22,24-25,30-31H,3,5-8,12-17,29H2,1-2H3. The summed E-state index contributed by atoms with van der Waals surface area (Å²) in [6.07, 6.45) is 10.2. The van der Waals surface area contributed by atoms with E-state index in [1.54, 1.807) is 0 Å². The lowest BCUT2D eigenvalue weighted by atomic mass is 9.48. The molecule has 6 unspecified atom stereocenters. The molecule has 6 atom stereocenters. The first-order chi connectivity index (χ1) is 15.3. The zero-order valence-electron chi connectivity index (χ0n) is 19.7. The number of hydrogen-bond donors (Lipinski definition) is 3. The lowest BCUT2D eigenvalue weighted by Crippen LogP contribution is -2.77. The van der Waals surface area contributed by atoms with Crippen LogP contribution in [-0.4, -0.2) is 33.6 Å². The number of aliphatic hydroxyl groups excluding tert-OH is 1. The molecule has 0 aromatic heterocycles. The third-order valence-electron chi connectivity index (χ3n) is 9.26. The number of phenolic OH excluding ortho intramolecular Hbond substituents is 1. The summed E-state index contributed by atoms with van der Waals surface area (Å²) in [5, 5.41) is 19.8. The molecule has 1 spiro atoms. The van der Waals surface area contributed by atoms with Gasteiger partial charge in [-0.15, -0.1) is 0 Å². The van der Waals surface area contributed by atoms with Gasteiger partial charge in [0.15, 0.2) is 0 Å². The Morgan fingerprint density at radius 3 is 2.81 bits per heavy atom. The number of rotatable bonds is 3. The molecule has 6 rings (SSSR count). The zero-order valence-corrected chi connectivity index (χ0v) is 19.7. The van der Waals surface area contributed by atoms with Gasteiger partial charge >= 0.3 is 0 Å².